The molecule has 3 rings (SSSR count). The van der Waals surface area contributed by atoms with Gasteiger partial charge in [0.05, 0.1) is 4.90 Å². The van der Waals surface area contributed by atoms with E-state index in [9.17, 15) is 13.2 Å². The van der Waals surface area contributed by atoms with Crippen molar-refractivity contribution in [2.75, 3.05) is 13.1 Å². The molecule has 2 saturated heterocycles. The monoisotopic (exact) mass is 387 g/mol. The van der Waals surface area contributed by atoms with E-state index in [4.69, 9.17) is 5.73 Å². The molecule has 2 bridgehead atoms. The van der Waals surface area contributed by atoms with E-state index in [0.29, 0.717) is 17.6 Å². The lowest BCUT2D eigenvalue weighted by Crippen LogP contribution is -2.59. The van der Waals surface area contributed by atoms with Crippen molar-refractivity contribution in [1.82, 2.24) is 9.62 Å². The zero-order valence-corrected chi connectivity index (χ0v) is 14.4. The van der Waals surface area contributed by atoms with Gasteiger partial charge in [-0.15, -0.1) is 0 Å². The van der Waals surface area contributed by atoms with Crippen LogP contribution >= 0.6 is 15.9 Å². The average Bonchev–Trinajstić information content (AvgIpc) is 2.46. The number of carbonyl (C=O) groups is 1. The summed E-state index contributed by atoms with van der Waals surface area (Å²) in [5, 5.41) is 3.46. The number of fused-ring (bicyclic) bond motifs is 2. The molecule has 1 aromatic carbocycles. The van der Waals surface area contributed by atoms with Crippen LogP contribution in [-0.4, -0.2) is 43.8 Å². The Balaban J connectivity index is 1.94. The Bertz CT molecular complexity index is 695. The van der Waals surface area contributed by atoms with Crippen LogP contribution < -0.4 is 11.1 Å². The third-order valence-corrected chi connectivity index (χ3v) is 6.49. The molecule has 3 N–H and O–H groups in total. The van der Waals surface area contributed by atoms with Gasteiger partial charge in [0.25, 0.3) is 0 Å². The summed E-state index contributed by atoms with van der Waals surface area (Å²) in [7, 11) is -3.63. The minimum atomic E-state index is -3.63. The Labute approximate surface area is 138 Å². The standard InChI is InChI=1S/C14H18BrN3O3S/c15-10-4-9(14(16)19)5-13(6-10)22(20,21)18-7-11-2-1-3-12(8-18)17-11/h4-6,11-12,17H,1-3,7-8H2,(H2,16,19). The molecular weight excluding hydrogens is 370 g/mol. The second kappa shape index (κ2) is 5.92. The molecule has 2 fully saturated rings. The van der Waals surface area contributed by atoms with Crippen LogP contribution in [0, 0.1) is 0 Å². The molecule has 0 saturated carbocycles. The number of rotatable bonds is 3. The summed E-state index contributed by atoms with van der Waals surface area (Å²) in [5.41, 5.74) is 5.45. The number of piperidine rings is 1. The van der Waals surface area contributed by atoms with E-state index < -0.39 is 15.9 Å². The Morgan fingerprint density at radius 3 is 2.45 bits per heavy atom. The number of halogens is 1. The maximum Gasteiger partial charge on any atom is 0.248 e. The first kappa shape index (κ1) is 15.9. The number of hydrogen-bond acceptors (Lipinski definition) is 4. The highest BCUT2D eigenvalue weighted by atomic mass is 79.9. The van der Waals surface area contributed by atoms with Gasteiger partial charge in [-0.05, 0) is 31.0 Å². The Morgan fingerprint density at radius 2 is 1.86 bits per heavy atom. The van der Waals surface area contributed by atoms with E-state index in [0.717, 1.165) is 19.3 Å². The average molecular weight is 388 g/mol. The van der Waals surface area contributed by atoms with Crippen molar-refractivity contribution < 1.29 is 13.2 Å². The van der Waals surface area contributed by atoms with Crippen molar-refractivity contribution in [3.05, 3.63) is 28.2 Å². The second-order valence-corrected chi connectivity index (χ2v) is 8.71. The van der Waals surface area contributed by atoms with Gasteiger partial charge < -0.3 is 11.1 Å². The highest BCUT2D eigenvalue weighted by molar-refractivity contribution is 9.10. The highest BCUT2D eigenvalue weighted by Crippen LogP contribution is 2.27. The predicted molar refractivity (Wildman–Crippen MR) is 86.0 cm³/mol. The Morgan fingerprint density at radius 1 is 1.23 bits per heavy atom. The molecule has 2 atom stereocenters. The molecule has 8 heteroatoms. The van der Waals surface area contributed by atoms with Gasteiger partial charge in [-0.3, -0.25) is 4.79 Å². The first-order valence-electron chi connectivity index (χ1n) is 7.23. The molecule has 0 spiro atoms. The maximum absolute atomic E-state index is 12.9. The number of sulfonamides is 1. The van der Waals surface area contributed by atoms with Gasteiger partial charge >= 0.3 is 0 Å². The van der Waals surface area contributed by atoms with Gasteiger partial charge in [0, 0.05) is 35.2 Å². The summed E-state index contributed by atoms with van der Waals surface area (Å²) in [6, 6.07) is 4.81. The van der Waals surface area contributed by atoms with Crippen LogP contribution in [0.5, 0.6) is 0 Å². The van der Waals surface area contributed by atoms with Gasteiger partial charge in [0.15, 0.2) is 0 Å². The predicted octanol–water partition coefficient (Wildman–Crippen LogP) is 1.06. The number of primary amides is 1. The lowest BCUT2D eigenvalue weighted by molar-refractivity contribution is 0.1000. The van der Waals surface area contributed by atoms with Crippen molar-refractivity contribution in [2.45, 2.75) is 36.2 Å². The molecule has 0 radical (unpaired) electrons. The molecular formula is C14H18BrN3O3S. The quantitative estimate of drug-likeness (QED) is 0.810. The van der Waals surface area contributed by atoms with Crippen molar-refractivity contribution in [3.8, 4) is 0 Å². The molecule has 120 valence electrons. The number of piperazine rings is 1. The van der Waals surface area contributed by atoms with Crippen molar-refractivity contribution in [3.63, 3.8) is 0 Å². The normalized spacial score (nSPS) is 25.9. The molecule has 2 unspecified atom stereocenters. The second-order valence-electron chi connectivity index (χ2n) is 5.85. The van der Waals surface area contributed by atoms with Gasteiger partial charge in [-0.2, -0.15) is 4.31 Å². The summed E-state index contributed by atoms with van der Waals surface area (Å²) < 4.78 is 27.8. The molecule has 2 heterocycles. The van der Waals surface area contributed by atoms with Crippen LogP contribution in [-0.2, 0) is 10.0 Å². The van der Waals surface area contributed by atoms with Crippen LogP contribution in [0.3, 0.4) is 0 Å². The zero-order chi connectivity index (χ0) is 15.9. The minimum absolute atomic E-state index is 0.107. The Kier molecular flexibility index (Phi) is 4.28. The van der Waals surface area contributed by atoms with Crippen molar-refractivity contribution in [1.29, 1.82) is 0 Å². The molecule has 1 aromatic rings. The van der Waals surface area contributed by atoms with E-state index in [2.05, 4.69) is 21.2 Å². The highest BCUT2D eigenvalue weighted by Gasteiger charge is 2.36. The number of nitrogens with one attached hydrogen (secondary N) is 1. The van der Waals surface area contributed by atoms with Crippen molar-refractivity contribution in [2.24, 2.45) is 5.73 Å². The van der Waals surface area contributed by atoms with Gasteiger partial charge in [-0.25, -0.2) is 8.42 Å². The molecule has 2 aliphatic rings. The van der Waals surface area contributed by atoms with E-state index in [1.165, 1.54) is 22.5 Å². The first-order valence-corrected chi connectivity index (χ1v) is 9.46. The van der Waals surface area contributed by atoms with E-state index in [1.54, 1.807) is 0 Å². The molecule has 0 aromatic heterocycles. The van der Waals surface area contributed by atoms with Crippen LogP contribution in [0.4, 0.5) is 0 Å². The third kappa shape index (κ3) is 3.05. The molecule has 1 amide bonds. The number of hydrogen-bond donors (Lipinski definition) is 2. The topological polar surface area (TPSA) is 92.5 Å². The fraction of sp³-hybridized carbons (Fsp3) is 0.500. The minimum Gasteiger partial charge on any atom is -0.366 e. The summed E-state index contributed by atoms with van der Waals surface area (Å²) >= 11 is 3.24. The van der Waals surface area contributed by atoms with Crippen molar-refractivity contribution >= 4 is 31.9 Å². The van der Waals surface area contributed by atoms with Crippen LogP contribution in [0.1, 0.15) is 29.6 Å². The molecule has 6 nitrogen and oxygen atoms in total. The fourth-order valence-corrected chi connectivity index (χ4v) is 5.41. The smallest absolute Gasteiger partial charge is 0.248 e. The number of nitrogens with zero attached hydrogens (tertiary/aromatic N) is 1. The van der Waals surface area contributed by atoms with Gasteiger partial charge in [-0.1, -0.05) is 22.4 Å². The third-order valence-electron chi connectivity index (χ3n) is 4.22. The SMILES string of the molecule is NC(=O)c1cc(Br)cc(S(=O)(=O)N2CC3CCCC(C2)N3)c1. The fourth-order valence-electron chi connectivity index (χ4n) is 3.16. The number of nitrogens with two attached hydrogens (primary N) is 1. The number of carbonyl (C=O) groups excluding carboxylic acids is 1. The Hall–Kier alpha value is -0.960. The first-order chi connectivity index (χ1) is 10.4. The summed E-state index contributed by atoms with van der Waals surface area (Å²) in [4.78, 5) is 11.5. The van der Waals surface area contributed by atoms with Crippen LogP contribution in [0.15, 0.2) is 27.6 Å². The number of amides is 1. The molecule has 0 aliphatic carbocycles. The maximum atomic E-state index is 12.9. The molecule has 22 heavy (non-hydrogen) atoms. The summed E-state index contributed by atoms with van der Waals surface area (Å²) in [6.45, 7) is 0.939. The number of benzene rings is 1. The lowest BCUT2D eigenvalue weighted by atomic mass is 9.96. The van der Waals surface area contributed by atoms with Gasteiger partial charge in [0.1, 0.15) is 0 Å². The summed E-state index contributed by atoms with van der Waals surface area (Å²) in [6.07, 6.45) is 3.13. The van der Waals surface area contributed by atoms with Gasteiger partial charge in [0.2, 0.25) is 15.9 Å². The van der Waals surface area contributed by atoms with E-state index >= 15 is 0 Å². The largest absolute Gasteiger partial charge is 0.366 e. The van der Waals surface area contributed by atoms with E-state index in [1.807, 2.05) is 0 Å². The zero-order valence-electron chi connectivity index (χ0n) is 12.0. The summed E-state index contributed by atoms with van der Waals surface area (Å²) in [5.74, 6) is -0.644. The van der Waals surface area contributed by atoms with Crippen LogP contribution in [0.25, 0.3) is 0 Å². The van der Waals surface area contributed by atoms with Crippen LogP contribution in [0.2, 0.25) is 0 Å². The molecule has 2 aliphatic heterocycles. The lowest BCUT2D eigenvalue weighted by Gasteiger charge is -2.41. The van der Waals surface area contributed by atoms with E-state index in [-0.39, 0.29) is 22.5 Å².